The highest BCUT2D eigenvalue weighted by atomic mass is 28.4. The topological polar surface area (TPSA) is 38.8 Å². The zero-order chi connectivity index (χ0) is 29.7. The molecule has 35 heavy (non-hydrogen) atoms. The van der Waals surface area contributed by atoms with Crippen molar-refractivity contribution in [3.05, 3.63) is 86.0 Å². The first-order valence-corrected chi connectivity index (χ1v) is 13.9. The van der Waals surface area contributed by atoms with Gasteiger partial charge < -0.3 is 14.1 Å². The van der Waals surface area contributed by atoms with Crippen LogP contribution in [0.3, 0.4) is 0 Å². The third kappa shape index (κ3) is 7.42. The van der Waals surface area contributed by atoms with Gasteiger partial charge in [-0.3, -0.25) is 0 Å². The SMILES string of the molecule is [2H]C([2H])(O[Si](c1ccccc1)(c1ccccc1)C(C)(C)C)[C@H](CC=C)N(C(=O)OC(C)(C)C)C([2H])([2H])CC=C. The molecule has 0 radical (unpaired) electrons. The number of amides is 1. The maximum absolute atomic E-state index is 13.5. The Morgan fingerprint density at radius 2 is 1.49 bits per heavy atom. The van der Waals surface area contributed by atoms with E-state index in [9.17, 15) is 7.54 Å². The summed E-state index contributed by atoms with van der Waals surface area (Å²) in [6.07, 6.45) is 1.56. The second-order valence-corrected chi connectivity index (χ2v) is 14.6. The van der Waals surface area contributed by atoms with Gasteiger partial charge in [-0.2, -0.15) is 0 Å². The van der Waals surface area contributed by atoms with E-state index in [-0.39, 0.29) is 12.8 Å². The zero-order valence-electron chi connectivity index (χ0n) is 26.0. The lowest BCUT2D eigenvalue weighted by Gasteiger charge is -2.44. The minimum Gasteiger partial charge on any atom is -0.444 e. The predicted octanol–water partition coefficient (Wildman–Crippen LogP) is 6.32. The van der Waals surface area contributed by atoms with Crippen molar-refractivity contribution in [1.82, 2.24) is 4.90 Å². The second kappa shape index (κ2) is 12.4. The van der Waals surface area contributed by atoms with Crippen LogP contribution in [0.1, 0.15) is 59.9 Å². The van der Waals surface area contributed by atoms with Gasteiger partial charge in [0.15, 0.2) is 0 Å². The summed E-state index contributed by atoms with van der Waals surface area (Å²) >= 11 is 0. The van der Waals surface area contributed by atoms with Crippen molar-refractivity contribution >= 4 is 24.8 Å². The van der Waals surface area contributed by atoms with Crippen molar-refractivity contribution in [2.75, 3.05) is 13.1 Å². The first kappa shape index (κ1) is 22.8. The minimum atomic E-state index is -3.41. The Hall–Kier alpha value is -2.63. The first-order chi connectivity index (χ1) is 17.9. The van der Waals surface area contributed by atoms with Crippen LogP contribution in [0.15, 0.2) is 86.0 Å². The number of hydrogen-bond donors (Lipinski definition) is 0. The van der Waals surface area contributed by atoms with Gasteiger partial charge in [-0.1, -0.05) is 93.6 Å². The van der Waals surface area contributed by atoms with E-state index in [1.165, 1.54) is 12.2 Å². The summed E-state index contributed by atoms with van der Waals surface area (Å²) < 4.78 is 48.7. The lowest BCUT2D eigenvalue weighted by Crippen LogP contribution is -2.67. The van der Waals surface area contributed by atoms with Crippen molar-refractivity contribution in [2.45, 2.75) is 71.1 Å². The van der Waals surface area contributed by atoms with Crippen LogP contribution >= 0.6 is 0 Å². The number of hydrogen-bond acceptors (Lipinski definition) is 3. The van der Waals surface area contributed by atoms with E-state index in [1.807, 2.05) is 81.4 Å². The Kier molecular flexibility index (Phi) is 8.06. The highest BCUT2D eigenvalue weighted by Gasteiger charge is 2.50. The van der Waals surface area contributed by atoms with Crippen molar-refractivity contribution in [2.24, 2.45) is 0 Å². The van der Waals surface area contributed by atoms with Crippen molar-refractivity contribution in [3.8, 4) is 0 Å². The molecule has 2 aromatic carbocycles. The van der Waals surface area contributed by atoms with E-state index < -0.39 is 44.1 Å². The normalized spacial score (nSPS) is 15.6. The van der Waals surface area contributed by atoms with Gasteiger partial charge in [0, 0.05) is 9.24 Å². The summed E-state index contributed by atoms with van der Waals surface area (Å²) in [5.41, 5.74) is -0.927. The molecule has 0 aliphatic heterocycles. The van der Waals surface area contributed by atoms with E-state index >= 15 is 0 Å². The maximum atomic E-state index is 13.5. The Morgan fingerprint density at radius 3 is 1.89 bits per heavy atom. The Bertz CT molecular complexity index is 1070. The monoisotopic (exact) mass is 497 g/mol. The summed E-state index contributed by atoms with van der Waals surface area (Å²) in [5, 5.41) is 1.18. The molecular weight excluding hydrogens is 450 g/mol. The summed E-state index contributed by atoms with van der Waals surface area (Å²) in [6, 6.07) is 17.8. The molecule has 1 atom stereocenters. The lowest BCUT2D eigenvalue weighted by atomic mass is 10.1. The van der Waals surface area contributed by atoms with Crippen LogP contribution in [0.5, 0.6) is 0 Å². The molecule has 0 aliphatic carbocycles. The molecule has 0 spiro atoms. The van der Waals surface area contributed by atoms with Crippen LogP contribution in [-0.4, -0.2) is 44.0 Å². The molecule has 0 heterocycles. The zero-order valence-corrected chi connectivity index (χ0v) is 23.0. The molecule has 0 unspecified atom stereocenters. The summed E-state index contributed by atoms with van der Waals surface area (Å²) in [7, 11) is -3.41. The molecule has 2 rings (SSSR count). The molecule has 0 aliphatic rings. The molecule has 0 bridgehead atoms. The summed E-state index contributed by atoms with van der Waals surface area (Å²) in [6.45, 7) is 13.7. The Labute approximate surface area is 219 Å². The van der Waals surface area contributed by atoms with Gasteiger partial charge in [0.05, 0.1) is 15.3 Å². The van der Waals surface area contributed by atoms with Gasteiger partial charge in [0.25, 0.3) is 8.32 Å². The van der Waals surface area contributed by atoms with Crippen LogP contribution in [-0.2, 0) is 9.16 Å². The number of benzene rings is 2. The van der Waals surface area contributed by atoms with Gasteiger partial charge in [-0.25, -0.2) is 4.79 Å². The molecule has 0 aromatic heterocycles. The third-order valence-electron chi connectivity index (χ3n) is 5.46. The van der Waals surface area contributed by atoms with Gasteiger partial charge >= 0.3 is 6.09 Å². The molecular formula is C30H43NO3Si. The Morgan fingerprint density at radius 1 is 0.971 bits per heavy atom. The van der Waals surface area contributed by atoms with Crippen LogP contribution in [0, 0.1) is 0 Å². The van der Waals surface area contributed by atoms with Crippen molar-refractivity contribution < 1.29 is 19.4 Å². The van der Waals surface area contributed by atoms with Crippen LogP contribution in [0.4, 0.5) is 4.79 Å². The molecule has 0 N–H and O–H groups in total. The van der Waals surface area contributed by atoms with Gasteiger partial charge in [0.2, 0.25) is 0 Å². The third-order valence-corrected chi connectivity index (χ3v) is 10.3. The molecule has 0 saturated carbocycles. The average molecular weight is 498 g/mol. The van der Waals surface area contributed by atoms with Crippen molar-refractivity contribution in [3.63, 3.8) is 0 Å². The smallest absolute Gasteiger partial charge is 0.410 e. The largest absolute Gasteiger partial charge is 0.444 e. The van der Waals surface area contributed by atoms with Crippen LogP contribution in [0.25, 0.3) is 0 Å². The highest BCUT2D eigenvalue weighted by Crippen LogP contribution is 2.37. The molecule has 1 amide bonds. The summed E-state index contributed by atoms with van der Waals surface area (Å²) in [4.78, 5) is 14.4. The number of ether oxygens (including phenoxy) is 1. The van der Waals surface area contributed by atoms with E-state index in [1.54, 1.807) is 20.8 Å². The molecule has 2 aromatic rings. The van der Waals surface area contributed by atoms with Crippen LogP contribution in [0.2, 0.25) is 5.04 Å². The minimum absolute atomic E-state index is 0.0684. The fourth-order valence-electron chi connectivity index (χ4n) is 3.95. The van der Waals surface area contributed by atoms with Gasteiger partial charge in [0.1, 0.15) is 5.60 Å². The highest BCUT2D eigenvalue weighted by molar-refractivity contribution is 6.99. The van der Waals surface area contributed by atoms with E-state index in [0.717, 1.165) is 15.3 Å². The lowest BCUT2D eigenvalue weighted by molar-refractivity contribution is 0.0111. The number of nitrogens with zero attached hydrogens (tertiary/aromatic N) is 1. The second-order valence-electron chi connectivity index (χ2n) is 10.4. The van der Waals surface area contributed by atoms with E-state index in [0.29, 0.717) is 0 Å². The van der Waals surface area contributed by atoms with Gasteiger partial charge in [-0.05, 0) is 49.0 Å². The molecule has 0 fully saturated rings. The standard InChI is InChI=1S/C30H43NO3Si/c1-9-11-23-31(28(32)34-29(3,4)5)25(18-10-2)24-33-35(30(6,7)8,26-19-14-12-15-20-26)27-21-16-13-17-22-27/h9-10,12-17,19-22,25H,1-2,11,18,23-24H2,3-8H3/t25-/m0/s1/i23D2,24D2. The van der Waals surface area contributed by atoms with Crippen LogP contribution < -0.4 is 10.4 Å². The Balaban J connectivity index is 2.83. The quantitative estimate of drug-likeness (QED) is 0.269. The maximum Gasteiger partial charge on any atom is 0.410 e. The number of carbonyl (C=O) groups is 1. The molecule has 0 saturated heterocycles. The number of rotatable bonds is 11. The fourth-order valence-corrected chi connectivity index (χ4v) is 8.19. The summed E-state index contributed by atoms with van der Waals surface area (Å²) in [5.74, 6) is 0. The molecule has 190 valence electrons. The number of carbonyl (C=O) groups excluding carboxylic acids is 1. The molecule has 4 nitrogen and oxygen atoms in total. The fraction of sp³-hybridized carbons (Fsp3) is 0.433. The van der Waals surface area contributed by atoms with E-state index in [4.69, 9.17) is 11.9 Å². The predicted molar refractivity (Wildman–Crippen MR) is 150 cm³/mol. The first-order valence-electron chi connectivity index (χ1n) is 14.0. The average Bonchev–Trinajstić information content (AvgIpc) is 2.81. The van der Waals surface area contributed by atoms with E-state index in [2.05, 4.69) is 13.2 Å². The van der Waals surface area contributed by atoms with Gasteiger partial charge in [-0.15, -0.1) is 13.2 Å². The molecule has 5 heteroatoms. The van der Waals surface area contributed by atoms with Crippen molar-refractivity contribution in [1.29, 1.82) is 0 Å².